The highest BCUT2D eigenvalue weighted by Crippen LogP contribution is 2.22. The summed E-state index contributed by atoms with van der Waals surface area (Å²) in [5.41, 5.74) is 3.01. The number of benzene rings is 3. The molecular weight excluding hydrogens is 390 g/mol. The number of rotatable bonds is 5. The van der Waals surface area contributed by atoms with E-state index in [4.69, 9.17) is 4.74 Å². The number of aryl methyl sites for hydroxylation is 1. The summed E-state index contributed by atoms with van der Waals surface area (Å²) < 4.78 is 7.38. The van der Waals surface area contributed by atoms with Crippen LogP contribution in [-0.4, -0.2) is 25.7 Å². The second-order valence-corrected chi connectivity index (χ2v) is 7.05. The van der Waals surface area contributed by atoms with Crippen LogP contribution in [0, 0.1) is 6.92 Å². The van der Waals surface area contributed by atoms with Crippen LogP contribution in [-0.2, 0) is 0 Å². The Hall–Kier alpha value is -4.39. The van der Waals surface area contributed by atoms with E-state index in [1.807, 2.05) is 61.5 Å². The fourth-order valence-corrected chi connectivity index (χ4v) is 3.28. The first-order chi connectivity index (χ1) is 15.2. The average molecular weight is 409 g/mol. The second kappa shape index (κ2) is 7.79. The minimum atomic E-state index is -0.247. The Balaban J connectivity index is 1.36. The molecule has 0 aliphatic rings. The summed E-state index contributed by atoms with van der Waals surface area (Å²) in [6.07, 6.45) is 0. The molecule has 0 saturated heterocycles. The molecule has 5 rings (SSSR count). The summed E-state index contributed by atoms with van der Waals surface area (Å²) in [6.45, 7) is 1.87. The Morgan fingerprint density at radius 2 is 1.65 bits per heavy atom. The fraction of sp³-hybridized carbons (Fsp3) is 0.0417. The van der Waals surface area contributed by atoms with E-state index in [0.29, 0.717) is 23.1 Å². The van der Waals surface area contributed by atoms with Gasteiger partial charge in [0.2, 0.25) is 5.95 Å². The molecule has 0 bridgehead atoms. The molecule has 2 aromatic heterocycles. The minimum Gasteiger partial charge on any atom is -0.457 e. The van der Waals surface area contributed by atoms with E-state index in [-0.39, 0.29) is 5.91 Å². The SMILES string of the molecule is Cc1cc(NC(=O)c2ccc(Oc3ccccc3)cc2)n(-c2nc3ccccc3[nH]2)n1. The summed E-state index contributed by atoms with van der Waals surface area (Å²) >= 11 is 0. The van der Waals surface area contributed by atoms with Gasteiger partial charge in [-0.05, 0) is 55.5 Å². The molecule has 0 spiro atoms. The molecule has 0 unspecified atom stereocenters. The van der Waals surface area contributed by atoms with E-state index < -0.39 is 0 Å². The molecule has 5 aromatic rings. The van der Waals surface area contributed by atoms with Gasteiger partial charge in [-0.3, -0.25) is 4.79 Å². The zero-order valence-electron chi connectivity index (χ0n) is 16.7. The van der Waals surface area contributed by atoms with E-state index >= 15 is 0 Å². The Kier molecular flexibility index (Phi) is 4.68. The van der Waals surface area contributed by atoms with Crippen molar-refractivity contribution in [3.8, 4) is 17.4 Å². The van der Waals surface area contributed by atoms with Gasteiger partial charge in [0, 0.05) is 11.6 Å². The molecule has 0 saturated carbocycles. The molecule has 0 aliphatic carbocycles. The minimum absolute atomic E-state index is 0.247. The van der Waals surface area contributed by atoms with Crippen molar-refractivity contribution in [2.75, 3.05) is 5.32 Å². The zero-order chi connectivity index (χ0) is 21.2. The van der Waals surface area contributed by atoms with Crippen LogP contribution in [0.15, 0.2) is 84.9 Å². The summed E-state index contributed by atoms with van der Waals surface area (Å²) in [7, 11) is 0. The number of aromatic amines is 1. The van der Waals surface area contributed by atoms with Crippen LogP contribution >= 0.6 is 0 Å². The van der Waals surface area contributed by atoms with Crippen LogP contribution in [0.5, 0.6) is 11.5 Å². The lowest BCUT2D eigenvalue weighted by Gasteiger charge is -2.08. The van der Waals surface area contributed by atoms with E-state index in [1.165, 1.54) is 0 Å². The van der Waals surface area contributed by atoms with Crippen molar-refractivity contribution in [3.05, 3.63) is 96.2 Å². The number of imidazole rings is 1. The fourth-order valence-electron chi connectivity index (χ4n) is 3.28. The molecule has 3 aromatic carbocycles. The van der Waals surface area contributed by atoms with Crippen LogP contribution in [0.25, 0.3) is 17.0 Å². The van der Waals surface area contributed by atoms with Crippen molar-refractivity contribution >= 4 is 22.8 Å². The third-order valence-corrected chi connectivity index (χ3v) is 4.75. The number of anilines is 1. The standard InChI is InChI=1S/C24H19N5O2/c1-16-15-22(29(28-16)24-25-20-9-5-6-10-21(20)26-24)27-23(30)17-11-13-19(14-12-17)31-18-7-3-2-4-8-18/h2-15H,1H3,(H,25,26)(H,27,30). The number of ether oxygens (including phenoxy) is 1. The molecule has 0 radical (unpaired) electrons. The number of carbonyl (C=O) groups excluding carboxylic acids is 1. The maximum absolute atomic E-state index is 12.8. The molecule has 2 heterocycles. The van der Waals surface area contributed by atoms with E-state index in [1.54, 1.807) is 35.0 Å². The normalized spacial score (nSPS) is 10.9. The third kappa shape index (κ3) is 3.89. The maximum atomic E-state index is 12.8. The van der Waals surface area contributed by atoms with Crippen molar-refractivity contribution in [2.24, 2.45) is 0 Å². The van der Waals surface area contributed by atoms with Crippen LogP contribution in [0.4, 0.5) is 5.82 Å². The van der Waals surface area contributed by atoms with Crippen molar-refractivity contribution in [2.45, 2.75) is 6.92 Å². The third-order valence-electron chi connectivity index (χ3n) is 4.75. The Labute approximate surface area is 178 Å². The molecule has 2 N–H and O–H groups in total. The predicted molar refractivity (Wildman–Crippen MR) is 119 cm³/mol. The Bertz CT molecular complexity index is 1320. The topological polar surface area (TPSA) is 84.8 Å². The number of hydrogen-bond acceptors (Lipinski definition) is 4. The lowest BCUT2D eigenvalue weighted by Crippen LogP contribution is -2.15. The molecule has 0 fully saturated rings. The number of hydrogen-bond donors (Lipinski definition) is 2. The van der Waals surface area contributed by atoms with Crippen molar-refractivity contribution in [3.63, 3.8) is 0 Å². The van der Waals surface area contributed by atoms with Gasteiger partial charge in [0.15, 0.2) is 0 Å². The highest BCUT2D eigenvalue weighted by molar-refractivity contribution is 6.04. The summed E-state index contributed by atoms with van der Waals surface area (Å²) in [5, 5.41) is 7.39. The molecular formula is C24H19N5O2. The first-order valence-corrected chi connectivity index (χ1v) is 9.82. The molecule has 152 valence electrons. The van der Waals surface area contributed by atoms with Gasteiger partial charge < -0.3 is 15.0 Å². The number of nitrogens with zero attached hydrogens (tertiary/aromatic N) is 3. The second-order valence-electron chi connectivity index (χ2n) is 7.05. The number of para-hydroxylation sites is 3. The first kappa shape index (κ1) is 18.6. The molecule has 1 amide bonds. The number of nitrogens with one attached hydrogen (secondary N) is 2. The summed E-state index contributed by atoms with van der Waals surface area (Å²) in [6, 6.07) is 26.0. The maximum Gasteiger partial charge on any atom is 0.256 e. The van der Waals surface area contributed by atoms with Gasteiger partial charge in [-0.2, -0.15) is 9.78 Å². The van der Waals surface area contributed by atoms with Gasteiger partial charge in [-0.1, -0.05) is 30.3 Å². The van der Waals surface area contributed by atoms with Gasteiger partial charge in [-0.25, -0.2) is 4.98 Å². The van der Waals surface area contributed by atoms with Crippen LogP contribution < -0.4 is 10.1 Å². The van der Waals surface area contributed by atoms with Gasteiger partial charge in [-0.15, -0.1) is 0 Å². The monoisotopic (exact) mass is 409 g/mol. The Morgan fingerprint density at radius 3 is 2.42 bits per heavy atom. The highest BCUT2D eigenvalue weighted by atomic mass is 16.5. The lowest BCUT2D eigenvalue weighted by molar-refractivity contribution is 0.102. The van der Waals surface area contributed by atoms with Crippen LogP contribution in [0.3, 0.4) is 0 Å². The Morgan fingerprint density at radius 1 is 0.935 bits per heavy atom. The van der Waals surface area contributed by atoms with Gasteiger partial charge in [0.1, 0.15) is 17.3 Å². The average Bonchev–Trinajstić information content (AvgIpc) is 3.38. The number of aromatic nitrogens is 4. The van der Waals surface area contributed by atoms with Gasteiger partial charge >= 0.3 is 0 Å². The summed E-state index contributed by atoms with van der Waals surface area (Å²) in [5.74, 6) is 2.22. The van der Waals surface area contributed by atoms with E-state index in [0.717, 1.165) is 22.5 Å². The number of carbonyl (C=O) groups is 1. The molecule has 0 aliphatic heterocycles. The quantitative estimate of drug-likeness (QED) is 0.423. The van der Waals surface area contributed by atoms with Gasteiger partial charge in [0.25, 0.3) is 5.91 Å². The van der Waals surface area contributed by atoms with E-state index in [2.05, 4.69) is 20.4 Å². The van der Waals surface area contributed by atoms with Crippen LogP contribution in [0.1, 0.15) is 16.1 Å². The molecule has 7 nitrogen and oxygen atoms in total. The highest BCUT2D eigenvalue weighted by Gasteiger charge is 2.15. The number of fused-ring (bicyclic) bond motifs is 1. The van der Waals surface area contributed by atoms with E-state index in [9.17, 15) is 4.79 Å². The van der Waals surface area contributed by atoms with Crippen molar-refractivity contribution in [1.29, 1.82) is 0 Å². The first-order valence-electron chi connectivity index (χ1n) is 9.82. The van der Waals surface area contributed by atoms with Crippen molar-refractivity contribution in [1.82, 2.24) is 19.7 Å². The number of amides is 1. The largest absolute Gasteiger partial charge is 0.457 e. The summed E-state index contributed by atoms with van der Waals surface area (Å²) in [4.78, 5) is 20.6. The zero-order valence-corrected chi connectivity index (χ0v) is 16.7. The van der Waals surface area contributed by atoms with Crippen LogP contribution in [0.2, 0.25) is 0 Å². The molecule has 7 heteroatoms. The predicted octanol–water partition coefficient (Wildman–Crippen LogP) is 5.10. The van der Waals surface area contributed by atoms with Crippen molar-refractivity contribution < 1.29 is 9.53 Å². The lowest BCUT2D eigenvalue weighted by atomic mass is 10.2. The molecule has 31 heavy (non-hydrogen) atoms. The number of H-pyrrole nitrogens is 1. The molecule has 0 atom stereocenters. The smallest absolute Gasteiger partial charge is 0.256 e. The van der Waals surface area contributed by atoms with Gasteiger partial charge in [0.05, 0.1) is 16.7 Å².